The van der Waals surface area contributed by atoms with E-state index in [4.69, 9.17) is 17.3 Å². The predicted molar refractivity (Wildman–Crippen MR) is 81.3 cm³/mol. The Morgan fingerprint density at radius 1 is 1.20 bits per heavy atom. The molecule has 0 saturated carbocycles. The van der Waals surface area contributed by atoms with Gasteiger partial charge in [-0.05, 0) is 42.3 Å². The Balaban J connectivity index is 2.38. The Morgan fingerprint density at radius 2 is 1.95 bits per heavy atom. The second kappa shape index (κ2) is 5.83. The maximum Gasteiger partial charge on any atom is 0.262 e. The molecule has 0 aliphatic rings. The van der Waals surface area contributed by atoms with Crippen LogP contribution in [-0.2, 0) is 16.6 Å². The molecule has 0 amide bonds. The van der Waals surface area contributed by atoms with E-state index in [1.807, 2.05) is 6.07 Å². The lowest BCUT2D eigenvalue weighted by molar-refractivity contribution is 0.600. The van der Waals surface area contributed by atoms with Gasteiger partial charge in [-0.15, -0.1) is 0 Å². The fourth-order valence-corrected chi connectivity index (χ4v) is 3.39. The molecular weight excluding hydrogens is 296 g/mol. The molecule has 0 spiro atoms. The van der Waals surface area contributed by atoms with Crippen LogP contribution < -0.4 is 10.5 Å². The molecule has 0 atom stereocenters. The molecule has 2 aromatic rings. The summed E-state index contributed by atoms with van der Waals surface area (Å²) in [4.78, 5) is 0.170. The van der Waals surface area contributed by atoms with E-state index < -0.39 is 10.0 Å². The first-order chi connectivity index (χ1) is 9.42. The van der Waals surface area contributed by atoms with Crippen LogP contribution in [0.25, 0.3) is 0 Å². The van der Waals surface area contributed by atoms with Gasteiger partial charge in [0.25, 0.3) is 10.0 Å². The van der Waals surface area contributed by atoms with Crippen molar-refractivity contribution in [3.8, 4) is 0 Å². The van der Waals surface area contributed by atoms with Gasteiger partial charge in [-0.1, -0.05) is 29.8 Å². The molecule has 106 valence electrons. The van der Waals surface area contributed by atoms with Crippen LogP contribution >= 0.6 is 11.6 Å². The number of rotatable bonds is 4. The van der Waals surface area contributed by atoms with Gasteiger partial charge in [0.1, 0.15) is 0 Å². The van der Waals surface area contributed by atoms with Crippen molar-refractivity contribution in [2.45, 2.75) is 18.4 Å². The van der Waals surface area contributed by atoms with Crippen molar-refractivity contribution in [3.63, 3.8) is 0 Å². The van der Waals surface area contributed by atoms with E-state index in [0.29, 0.717) is 22.8 Å². The Bertz CT molecular complexity index is 730. The Kier molecular flexibility index (Phi) is 4.32. The van der Waals surface area contributed by atoms with Crippen molar-refractivity contribution in [2.75, 3.05) is 4.72 Å². The molecule has 4 nitrogen and oxygen atoms in total. The van der Waals surface area contributed by atoms with Crippen molar-refractivity contribution in [1.29, 1.82) is 0 Å². The Labute approximate surface area is 123 Å². The summed E-state index contributed by atoms with van der Waals surface area (Å²) in [6, 6.07) is 11.7. The lowest BCUT2D eigenvalue weighted by Gasteiger charge is -2.11. The number of nitrogens with two attached hydrogens (primary N) is 1. The van der Waals surface area contributed by atoms with Crippen molar-refractivity contribution >= 4 is 27.3 Å². The highest BCUT2D eigenvalue weighted by Gasteiger charge is 2.17. The standard InChI is InChI=1S/C14H15ClN2O2S/c1-10-5-6-12(15)8-14(10)20(18,19)17-13-4-2-3-11(7-13)9-16/h2-8,17H,9,16H2,1H3. The second-order valence-electron chi connectivity index (χ2n) is 4.42. The van der Waals surface area contributed by atoms with Gasteiger partial charge in [-0.25, -0.2) is 8.42 Å². The molecule has 0 radical (unpaired) electrons. The van der Waals surface area contributed by atoms with Crippen LogP contribution in [0, 0.1) is 6.92 Å². The maximum atomic E-state index is 12.4. The highest BCUT2D eigenvalue weighted by molar-refractivity contribution is 7.92. The van der Waals surface area contributed by atoms with Crippen molar-refractivity contribution in [1.82, 2.24) is 0 Å². The van der Waals surface area contributed by atoms with E-state index >= 15 is 0 Å². The van der Waals surface area contributed by atoms with Crippen molar-refractivity contribution < 1.29 is 8.42 Å². The van der Waals surface area contributed by atoms with E-state index in [-0.39, 0.29) is 4.90 Å². The molecule has 2 rings (SSSR count). The first-order valence-corrected chi connectivity index (χ1v) is 7.86. The zero-order chi connectivity index (χ0) is 14.8. The van der Waals surface area contributed by atoms with Gasteiger partial charge in [0.2, 0.25) is 0 Å². The lowest BCUT2D eigenvalue weighted by atomic mass is 10.2. The van der Waals surface area contributed by atoms with Gasteiger partial charge in [-0.3, -0.25) is 4.72 Å². The number of benzene rings is 2. The second-order valence-corrected chi connectivity index (χ2v) is 6.51. The summed E-state index contributed by atoms with van der Waals surface area (Å²) in [5, 5.41) is 0.381. The third-order valence-electron chi connectivity index (χ3n) is 2.85. The zero-order valence-electron chi connectivity index (χ0n) is 10.9. The summed E-state index contributed by atoms with van der Waals surface area (Å²) < 4.78 is 27.3. The number of hydrogen-bond donors (Lipinski definition) is 2. The summed E-state index contributed by atoms with van der Waals surface area (Å²) in [6.45, 7) is 2.08. The number of anilines is 1. The summed E-state index contributed by atoms with van der Waals surface area (Å²) in [7, 11) is -3.67. The Hall–Kier alpha value is -1.56. The molecular formula is C14H15ClN2O2S. The maximum absolute atomic E-state index is 12.4. The van der Waals surface area contributed by atoms with E-state index in [0.717, 1.165) is 5.56 Å². The van der Waals surface area contributed by atoms with Crippen LogP contribution in [0.1, 0.15) is 11.1 Å². The van der Waals surface area contributed by atoms with Crippen LogP contribution in [0.5, 0.6) is 0 Å². The molecule has 0 aromatic heterocycles. The summed E-state index contributed by atoms with van der Waals surface area (Å²) in [5.41, 5.74) is 7.51. The van der Waals surface area contributed by atoms with Crippen LogP contribution in [0.15, 0.2) is 47.4 Å². The number of sulfonamides is 1. The highest BCUT2D eigenvalue weighted by Crippen LogP contribution is 2.23. The molecule has 0 aliphatic carbocycles. The molecule has 6 heteroatoms. The SMILES string of the molecule is Cc1ccc(Cl)cc1S(=O)(=O)Nc1cccc(CN)c1. The molecule has 0 unspecified atom stereocenters. The van der Waals surface area contributed by atoms with Gasteiger partial charge in [0.15, 0.2) is 0 Å². The topological polar surface area (TPSA) is 72.2 Å². The van der Waals surface area contributed by atoms with Crippen LogP contribution in [0.3, 0.4) is 0 Å². The van der Waals surface area contributed by atoms with Gasteiger partial charge < -0.3 is 5.73 Å². The average Bonchev–Trinajstić information content (AvgIpc) is 2.41. The molecule has 0 bridgehead atoms. The summed E-state index contributed by atoms with van der Waals surface area (Å²) in [6.07, 6.45) is 0. The van der Waals surface area contributed by atoms with Crippen molar-refractivity contribution in [3.05, 3.63) is 58.6 Å². The van der Waals surface area contributed by atoms with Crippen LogP contribution in [0.2, 0.25) is 5.02 Å². The van der Waals surface area contributed by atoms with E-state index in [2.05, 4.69) is 4.72 Å². The molecule has 0 heterocycles. The molecule has 20 heavy (non-hydrogen) atoms. The number of hydrogen-bond acceptors (Lipinski definition) is 3. The number of halogens is 1. The van der Waals surface area contributed by atoms with Crippen molar-refractivity contribution in [2.24, 2.45) is 5.73 Å². The normalized spacial score (nSPS) is 11.3. The van der Waals surface area contributed by atoms with Gasteiger partial charge in [0.05, 0.1) is 4.90 Å². The zero-order valence-corrected chi connectivity index (χ0v) is 12.5. The minimum absolute atomic E-state index is 0.170. The first kappa shape index (κ1) is 14.8. The predicted octanol–water partition coefficient (Wildman–Crippen LogP) is 2.91. The van der Waals surface area contributed by atoms with Crippen LogP contribution in [-0.4, -0.2) is 8.42 Å². The van der Waals surface area contributed by atoms with Gasteiger partial charge in [-0.2, -0.15) is 0 Å². The third-order valence-corrected chi connectivity index (χ3v) is 4.61. The smallest absolute Gasteiger partial charge is 0.262 e. The lowest BCUT2D eigenvalue weighted by Crippen LogP contribution is -2.14. The van der Waals surface area contributed by atoms with Crippen LogP contribution in [0.4, 0.5) is 5.69 Å². The molecule has 0 saturated heterocycles. The minimum Gasteiger partial charge on any atom is -0.326 e. The monoisotopic (exact) mass is 310 g/mol. The Morgan fingerprint density at radius 3 is 2.65 bits per heavy atom. The number of aryl methyl sites for hydroxylation is 1. The van der Waals surface area contributed by atoms with E-state index in [1.165, 1.54) is 6.07 Å². The number of nitrogens with one attached hydrogen (secondary N) is 1. The largest absolute Gasteiger partial charge is 0.326 e. The molecule has 0 aliphatic heterocycles. The molecule has 0 fully saturated rings. The summed E-state index contributed by atoms with van der Waals surface area (Å²) in [5.74, 6) is 0. The van der Waals surface area contributed by atoms with Gasteiger partial charge >= 0.3 is 0 Å². The fourth-order valence-electron chi connectivity index (χ4n) is 1.84. The molecule has 3 N–H and O–H groups in total. The third kappa shape index (κ3) is 3.30. The first-order valence-electron chi connectivity index (χ1n) is 6.00. The van der Waals surface area contributed by atoms with E-state index in [9.17, 15) is 8.42 Å². The average molecular weight is 311 g/mol. The molecule has 2 aromatic carbocycles. The minimum atomic E-state index is -3.67. The van der Waals surface area contributed by atoms with Gasteiger partial charge in [0, 0.05) is 17.3 Å². The highest BCUT2D eigenvalue weighted by atomic mass is 35.5. The fraction of sp³-hybridized carbons (Fsp3) is 0.143. The van der Waals surface area contributed by atoms with E-state index in [1.54, 1.807) is 37.3 Å². The quantitative estimate of drug-likeness (QED) is 0.912. The summed E-state index contributed by atoms with van der Waals surface area (Å²) >= 11 is 5.86.